The topological polar surface area (TPSA) is 21.3 Å². The van der Waals surface area contributed by atoms with Gasteiger partial charge in [0.25, 0.3) is 0 Å². The Labute approximate surface area is 165 Å². The molecule has 0 spiro atoms. The largest absolute Gasteiger partial charge is 0.487 e. The first-order valence-electron chi connectivity index (χ1n) is 10.6. The fraction of sp³-hybridized carbons (Fsp3) is 0.520. The highest BCUT2D eigenvalue weighted by atomic mass is 16.5. The molecule has 0 saturated heterocycles. The van der Waals surface area contributed by atoms with Crippen LogP contribution in [0, 0.1) is 0 Å². The number of hydrogen-bond acceptors (Lipinski definition) is 2. The van der Waals surface area contributed by atoms with Gasteiger partial charge in [-0.2, -0.15) is 0 Å². The summed E-state index contributed by atoms with van der Waals surface area (Å²) in [5.74, 6) is 2.15. The minimum absolute atomic E-state index is 0.0249. The van der Waals surface area contributed by atoms with Crippen LogP contribution in [-0.2, 0) is 0 Å². The maximum Gasteiger partial charge on any atom is 0.123 e. The summed E-state index contributed by atoms with van der Waals surface area (Å²) < 4.78 is 6.45. The van der Waals surface area contributed by atoms with Crippen molar-refractivity contribution >= 4 is 0 Å². The molecular weight excluding hydrogens is 330 g/mol. The van der Waals surface area contributed by atoms with Crippen molar-refractivity contribution in [1.29, 1.82) is 0 Å². The fourth-order valence-corrected chi connectivity index (χ4v) is 4.22. The van der Waals surface area contributed by atoms with Gasteiger partial charge < -0.3 is 10.1 Å². The molecule has 0 saturated carbocycles. The maximum atomic E-state index is 6.45. The summed E-state index contributed by atoms with van der Waals surface area (Å²) in [6, 6.07) is 18.0. The van der Waals surface area contributed by atoms with Crippen LogP contribution < -0.4 is 10.1 Å². The number of rotatable bonds is 7. The summed E-state index contributed by atoms with van der Waals surface area (Å²) in [5, 5.41) is 3.79. The molecule has 0 bridgehead atoms. The Bertz CT molecular complexity index is 730. The molecule has 2 heteroatoms. The predicted molar refractivity (Wildman–Crippen MR) is 115 cm³/mol. The van der Waals surface area contributed by atoms with E-state index in [9.17, 15) is 0 Å². The van der Waals surface area contributed by atoms with E-state index in [-0.39, 0.29) is 5.60 Å². The summed E-state index contributed by atoms with van der Waals surface area (Å²) in [6.07, 6.45) is 3.20. The number of nitrogens with one attached hydrogen (secondary N) is 1. The van der Waals surface area contributed by atoms with E-state index >= 15 is 0 Å². The van der Waals surface area contributed by atoms with E-state index in [1.165, 1.54) is 16.7 Å². The first-order chi connectivity index (χ1) is 13.0. The molecule has 1 heterocycles. The lowest BCUT2D eigenvalue weighted by atomic mass is 9.79. The Morgan fingerprint density at radius 2 is 1.59 bits per heavy atom. The summed E-state index contributed by atoms with van der Waals surface area (Å²) in [5.41, 5.74) is 4.09. The maximum absolute atomic E-state index is 6.45. The first kappa shape index (κ1) is 19.9. The highest BCUT2D eigenvalue weighted by Gasteiger charge is 2.38. The predicted octanol–water partition coefficient (Wildman–Crippen LogP) is 6.59. The van der Waals surface area contributed by atoms with Gasteiger partial charge in [0.1, 0.15) is 11.4 Å². The Kier molecular flexibility index (Phi) is 6.26. The van der Waals surface area contributed by atoms with Crippen LogP contribution in [0.15, 0.2) is 48.5 Å². The lowest BCUT2D eigenvalue weighted by molar-refractivity contribution is 0.0272. The van der Waals surface area contributed by atoms with Crippen molar-refractivity contribution in [3.05, 3.63) is 65.2 Å². The van der Waals surface area contributed by atoms with Gasteiger partial charge in [-0.3, -0.25) is 0 Å². The second-order valence-corrected chi connectivity index (χ2v) is 8.38. The lowest BCUT2D eigenvalue weighted by Gasteiger charge is -2.42. The van der Waals surface area contributed by atoms with Gasteiger partial charge in [0.05, 0.1) is 0 Å². The molecule has 1 aliphatic rings. The molecule has 0 aliphatic carbocycles. The third kappa shape index (κ3) is 4.38. The standard InChI is InChI=1S/C25H35NO/c1-6-25(7-2)16-22(23-10-8-9-11-24(23)27-25)17-26-19(5)21-14-12-20(13-15-21)18(3)4/h8-15,18-19,22,26H,6-7,16-17H2,1-5H3/t19?,22-/m0/s1. The molecule has 0 amide bonds. The summed E-state index contributed by atoms with van der Waals surface area (Å²) in [6.45, 7) is 12.2. The molecule has 0 fully saturated rings. The van der Waals surface area contributed by atoms with E-state index in [1.807, 2.05) is 0 Å². The van der Waals surface area contributed by atoms with Crippen molar-refractivity contribution in [3.63, 3.8) is 0 Å². The van der Waals surface area contributed by atoms with E-state index in [0.29, 0.717) is 17.9 Å². The van der Waals surface area contributed by atoms with Crippen LogP contribution in [0.2, 0.25) is 0 Å². The highest BCUT2D eigenvalue weighted by molar-refractivity contribution is 5.39. The molecule has 1 N–H and O–H groups in total. The van der Waals surface area contributed by atoms with Crippen molar-refractivity contribution < 1.29 is 4.74 Å². The first-order valence-corrected chi connectivity index (χ1v) is 10.6. The van der Waals surface area contributed by atoms with Crippen LogP contribution in [0.1, 0.15) is 88.4 Å². The van der Waals surface area contributed by atoms with Gasteiger partial charge in [-0.05, 0) is 54.9 Å². The molecule has 27 heavy (non-hydrogen) atoms. The van der Waals surface area contributed by atoms with E-state index in [1.54, 1.807) is 0 Å². The molecule has 1 unspecified atom stereocenters. The zero-order valence-corrected chi connectivity index (χ0v) is 17.6. The minimum Gasteiger partial charge on any atom is -0.487 e. The molecule has 3 rings (SSSR count). The van der Waals surface area contributed by atoms with Crippen LogP contribution in [-0.4, -0.2) is 12.1 Å². The number of ether oxygens (including phenoxy) is 1. The van der Waals surface area contributed by atoms with Crippen molar-refractivity contribution in [2.45, 2.75) is 77.4 Å². The summed E-state index contributed by atoms with van der Waals surface area (Å²) >= 11 is 0. The SMILES string of the molecule is CCC1(CC)C[C@@H](CNC(C)c2ccc(C(C)C)cc2)c2ccccc2O1. The second-order valence-electron chi connectivity index (χ2n) is 8.38. The molecule has 0 aromatic heterocycles. The quantitative estimate of drug-likeness (QED) is 0.598. The van der Waals surface area contributed by atoms with Gasteiger partial charge in [0, 0.05) is 18.5 Å². The van der Waals surface area contributed by atoms with E-state index in [4.69, 9.17) is 4.74 Å². The highest BCUT2D eigenvalue weighted by Crippen LogP contribution is 2.43. The molecule has 2 nitrogen and oxygen atoms in total. The monoisotopic (exact) mass is 365 g/mol. The molecule has 2 aromatic carbocycles. The second kappa shape index (κ2) is 8.48. The average Bonchev–Trinajstić information content (AvgIpc) is 2.71. The average molecular weight is 366 g/mol. The van der Waals surface area contributed by atoms with Gasteiger partial charge in [-0.1, -0.05) is 70.2 Å². The number of para-hydroxylation sites is 1. The van der Waals surface area contributed by atoms with Crippen LogP contribution >= 0.6 is 0 Å². The molecule has 0 radical (unpaired) electrons. The van der Waals surface area contributed by atoms with Crippen molar-refractivity contribution in [2.75, 3.05) is 6.54 Å². The van der Waals surface area contributed by atoms with E-state index < -0.39 is 0 Å². The van der Waals surface area contributed by atoms with Gasteiger partial charge in [0.15, 0.2) is 0 Å². The van der Waals surface area contributed by atoms with Crippen LogP contribution in [0.4, 0.5) is 0 Å². The molecule has 1 aliphatic heterocycles. The van der Waals surface area contributed by atoms with E-state index in [0.717, 1.165) is 31.6 Å². The van der Waals surface area contributed by atoms with Gasteiger partial charge >= 0.3 is 0 Å². The van der Waals surface area contributed by atoms with Gasteiger partial charge in [-0.25, -0.2) is 0 Å². The van der Waals surface area contributed by atoms with Crippen molar-refractivity contribution in [1.82, 2.24) is 5.32 Å². The number of benzene rings is 2. The number of hydrogen-bond donors (Lipinski definition) is 1. The molecule has 146 valence electrons. The van der Waals surface area contributed by atoms with Gasteiger partial charge in [0.2, 0.25) is 0 Å². The van der Waals surface area contributed by atoms with E-state index in [2.05, 4.69) is 88.5 Å². The minimum atomic E-state index is -0.0249. The molecule has 2 aromatic rings. The zero-order chi connectivity index (χ0) is 19.4. The Morgan fingerprint density at radius 1 is 0.963 bits per heavy atom. The molecule has 2 atom stereocenters. The Morgan fingerprint density at radius 3 is 2.22 bits per heavy atom. The van der Waals surface area contributed by atoms with Crippen LogP contribution in [0.3, 0.4) is 0 Å². The fourth-order valence-electron chi connectivity index (χ4n) is 4.22. The van der Waals surface area contributed by atoms with Crippen molar-refractivity contribution in [2.24, 2.45) is 0 Å². The smallest absolute Gasteiger partial charge is 0.123 e. The lowest BCUT2D eigenvalue weighted by Crippen LogP contribution is -2.42. The third-order valence-corrected chi connectivity index (χ3v) is 6.37. The number of fused-ring (bicyclic) bond motifs is 1. The third-order valence-electron chi connectivity index (χ3n) is 6.37. The molecular formula is C25H35NO. The van der Waals surface area contributed by atoms with Crippen molar-refractivity contribution in [3.8, 4) is 5.75 Å². The Balaban J connectivity index is 1.72. The van der Waals surface area contributed by atoms with Crippen LogP contribution in [0.25, 0.3) is 0 Å². The van der Waals surface area contributed by atoms with Crippen LogP contribution in [0.5, 0.6) is 5.75 Å². The zero-order valence-electron chi connectivity index (χ0n) is 17.6. The summed E-state index contributed by atoms with van der Waals surface area (Å²) in [4.78, 5) is 0. The normalized spacial score (nSPS) is 19.4. The summed E-state index contributed by atoms with van der Waals surface area (Å²) in [7, 11) is 0. The Hall–Kier alpha value is -1.80. The van der Waals surface area contributed by atoms with Gasteiger partial charge in [-0.15, -0.1) is 0 Å².